The van der Waals surface area contributed by atoms with Crippen LogP contribution in [-0.4, -0.2) is 20.8 Å². The fourth-order valence-corrected chi connectivity index (χ4v) is 1.80. The molecule has 0 radical (unpaired) electrons. The van der Waals surface area contributed by atoms with Gasteiger partial charge in [0.25, 0.3) is 0 Å². The molecule has 5 heteroatoms. The van der Waals surface area contributed by atoms with Gasteiger partial charge in [0.15, 0.2) is 5.75 Å². The van der Waals surface area contributed by atoms with Crippen LogP contribution in [0.3, 0.4) is 0 Å². The molecule has 0 spiro atoms. The lowest BCUT2D eigenvalue weighted by Gasteiger charge is -2.12. The van der Waals surface area contributed by atoms with E-state index in [0.29, 0.717) is 6.04 Å². The SMILES string of the molecule is CCn1cc(Oc2cc(C)ncc2CNC(C)C)cn1. The summed E-state index contributed by atoms with van der Waals surface area (Å²) in [5.41, 5.74) is 1.99. The Bertz CT molecular complexity index is 563. The Balaban J connectivity index is 2.17. The summed E-state index contributed by atoms with van der Waals surface area (Å²) < 4.78 is 7.78. The van der Waals surface area contributed by atoms with Crippen molar-refractivity contribution in [3.8, 4) is 11.5 Å². The summed E-state index contributed by atoms with van der Waals surface area (Å²) in [4.78, 5) is 4.34. The lowest BCUT2D eigenvalue weighted by molar-refractivity contribution is 0.466. The topological polar surface area (TPSA) is 52.0 Å². The number of aromatic nitrogens is 3. The van der Waals surface area contributed by atoms with Crippen molar-refractivity contribution in [2.24, 2.45) is 0 Å². The van der Waals surface area contributed by atoms with Crippen molar-refractivity contribution in [3.05, 3.63) is 35.9 Å². The van der Waals surface area contributed by atoms with Crippen LogP contribution in [0.25, 0.3) is 0 Å². The van der Waals surface area contributed by atoms with Crippen molar-refractivity contribution in [1.29, 1.82) is 0 Å². The highest BCUT2D eigenvalue weighted by Crippen LogP contribution is 2.25. The van der Waals surface area contributed by atoms with Crippen LogP contribution in [0.1, 0.15) is 32.0 Å². The molecule has 1 N–H and O–H groups in total. The number of ether oxygens (including phenoxy) is 1. The van der Waals surface area contributed by atoms with Gasteiger partial charge in [-0.15, -0.1) is 0 Å². The molecule has 2 heterocycles. The number of aryl methyl sites for hydroxylation is 2. The fourth-order valence-electron chi connectivity index (χ4n) is 1.80. The smallest absolute Gasteiger partial charge is 0.165 e. The van der Waals surface area contributed by atoms with Gasteiger partial charge in [-0.2, -0.15) is 5.10 Å². The summed E-state index contributed by atoms with van der Waals surface area (Å²) in [5, 5.41) is 7.60. The predicted octanol–water partition coefficient (Wildman–Crippen LogP) is 2.90. The van der Waals surface area contributed by atoms with E-state index in [1.165, 1.54) is 0 Å². The van der Waals surface area contributed by atoms with Gasteiger partial charge in [-0.3, -0.25) is 9.67 Å². The third-order valence-electron chi connectivity index (χ3n) is 2.94. The summed E-state index contributed by atoms with van der Waals surface area (Å²) in [6.45, 7) is 9.82. The van der Waals surface area contributed by atoms with E-state index in [1.54, 1.807) is 6.20 Å². The van der Waals surface area contributed by atoms with Crippen molar-refractivity contribution in [2.45, 2.75) is 46.8 Å². The first-order valence-electron chi connectivity index (χ1n) is 6.97. The highest BCUT2D eigenvalue weighted by atomic mass is 16.5. The average molecular weight is 274 g/mol. The van der Waals surface area contributed by atoms with E-state index in [1.807, 2.05) is 37.0 Å². The molecule has 20 heavy (non-hydrogen) atoms. The van der Waals surface area contributed by atoms with E-state index >= 15 is 0 Å². The molecule has 2 rings (SSSR count). The molecule has 0 amide bonds. The number of nitrogens with one attached hydrogen (secondary N) is 1. The molecule has 5 nitrogen and oxygen atoms in total. The van der Waals surface area contributed by atoms with Crippen LogP contribution in [0.4, 0.5) is 0 Å². The van der Waals surface area contributed by atoms with Gasteiger partial charge in [-0.1, -0.05) is 13.8 Å². The molecule has 0 atom stereocenters. The van der Waals surface area contributed by atoms with Crippen LogP contribution < -0.4 is 10.1 Å². The van der Waals surface area contributed by atoms with Crippen molar-refractivity contribution >= 4 is 0 Å². The molecule has 0 aromatic carbocycles. The second kappa shape index (κ2) is 6.52. The first-order valence-corrected chi connectivity index (χ1v) is 6.97. The van der Waals surface area contributed by atoms with Crippen LogP contribution in [0.2, 0.25) is 0 Å². The van der Waals surface area contributed by atoms with Gasteiger partial charge in [0.05, 0.1) is 12.4 Å². The molecular weight excluding hydrogens is 252 g/mol. The van der Waals surface area contributed by atoms with Crippen LogP contribution >= 0.6 is 0 Å². The molecule has 2 aromatic heterocycles. The van der Waals surface area contributed by atoms with Crippen molar-refractivity contribution in [3.63, 3.8) is 0 Å². The number of hydrogen-bond donors (Lipinski definition) is 1. The fraction of sp³-hybridized carbons (Fsp3) is 0.467. The zero-order valence-corrected chi connectivity index (χ0v) is 12.6. The van der Waals surface area contributed by atoms with Crippen LogP contribution in [0.15, 0.2) is 24.7 Å². The van der Waals surface area contributed by atoms with Crippen LogP contribution in [-0.2, 0) is 13.1 Å². The van der Waals surface area contributed by atoms with Gasteiger partial charge in [0.1, 0.15) is 5.75 Å². The summed E-state index contributed by atoms with van der Waals surface area (Å²) >= 11 is 0. The van der Waals surface area contributed by atoms with Crippen molar-refractivity contribution in [2.75, 3.05) is 0 Å². The van der Waals surface area contributed by atoms with E-state index in [2.05, 4.69) is 29.2 Å². The molecule has 0 saturated carbocycles. The Morgan fingerprint density at radius 2 is 2.15 bits per heavy atom. The normalized spacial score (nSPS) is 11.1. The summed E-state index contributed by atoms with van der Waals surface area (Å²) in [6, 6.07) is 2.38. The average Bonchev–Trinajstić information content (AvgIpc) is 2.85. The standard InChI is InChI=1S/C15H22N4O/c1-5-19-10-14(9-18-19)20-15-6-12(4)17-8-13(15)7-16-11(2)3/h6,8-11,16H,5,7H2,1-4H3. The minimum atomic E-state index is 0.423. The minimum absolute atomic E-state index is 0.423. The number of rotatable bonds is 6. The summed E-state index contributed by atoms with van der Waals surface area (Å²) in [6.07, 6.45) is 5.50. The molecule has 0 saturated heterocycles. The second-order valence-electron chi connectivity index (χ2n) is 5.10. The van der Waals surface area contributed by atoms with Gasteiger partial charge < -0.3 is 10.1 Å². The molecule has 0 bridgehead atoms. The maximum Gasteiger partial charge on any atom is 0.165 e. The molecule has 0 fully saturated rings. The van der Waals surface area contributed by atoms with E-state index < -0.39 is 0 Å². The Hall–Kier alpha value is -1.88. The summed E-state index contributed by atoms with van der Waals surface area (Å²) in [5.74, 6) is 1.59. The van der Waals surface area contributed by atoms with Gasteiger partial charge >= 0.3 is 0 Å². The Labute approximate surface area is 120 Å². The van der Waals surface area contributed by atoms with Gasteiger partial charge in [-0.25, -0.2) is 0 Å². The predicted molar refractivity (Wildman–Crippen MR) is 78.9 cm³/mol. The Morgan fingerprint density at radius 1 is 1.35 bits per heavy atom. The van der Waals surface area contributed by atoms with Crippen molar-refractivity contribution < 1.29 is 4.74 Å². The molecule has 0 unspecified atom stereocenters. The molecule has 0 aliphatic heterocycles. The number of nitrogens with zero attached hydrogens (tertiary/aromatic N) is 3. The van der Waals surface area contributed by atoms with E-state index in [9.17, 15) is 0 Å². The monoisotopic (exact) mass is 274 g/mol. The second-order valence-corrected chi connectivity index (χ2v) is 5.10. The van der Waals surface area contributed by atoms with Crippen LogP contribution in [0.5, 0.6) is 11.5 Å². The van der Waals surface area contributed by atoms with E-state index in [0.717, 1.165) is 35.8 Å². The van der Waals surface area contributed by atoms with Crippen LogP contribution in [0, 0.1) is 6.92 Å². The molecule has 0 aliphatic carbocycles. The third kappa shape index (κ3) is 3.81. The Morgan fingerprint density at radius 3 is 2.80 bits per heavy atom. The zero-order valence-electron chi connectivity index (χ0n) is 12.6. The number of hydrogen-bond acceptors (Lipinski definition) is 4. The van der Waals surface area contributed by atoms with Gasteiger partial charge in [0, 0.05) is 42.7 Å². The highest BCUT2D eigenvalue weighted by Gasteiger charge is 2.08. The van der Waals surface area contributed by atoms with Crippen molar-refractivity contribution in [1.82, 2.24) is 20.1 Å². The van der Waals surface area contributed by atoms with Gasteiger partial charge in [-0.05, 0) is 13.8 Å². The molecule has 2 aromatic rings. The lowest BCUT2D eigenvalue weighted by atomic mass is 10.2. The third-order valence-corrected chi connectivity index (χ3v) is 2.94. The molecule has 0 aliphatic rings. The highest BCUT2D eigenvalue weighted by molar-refractivity contribution is 5.36. The zero-order chi connectivity index (χ0) is 14.5. The quantitative estimate of drug-likeness (QED) is 0.880. The maximum absolute atomic E-state index is 5.94. The van der Waals surface area contributed by atoms with Gasteiger partial charge in [0.2, 0.25) is 0 Å². The molecular formula is C15H22N4O. The largest absolute Gasteiger partial charge is 0.454 e. The first-order chi connectivity index (χ1) is 9.58. The lowest BCUT2D eigenvalue weighted by Crippen LogP contribution is -2.22. The first kappa shape index (κ1) is 14.5. The summed E-state index contributed by atoms with van der Waals surface area (Å²) in [7, 11) is 0. The Kier molecular flexibility index (Phi) is 4.74. The maximum atomic E-state index is 5.94. The van der Waals surface area contributed by atoms with E-state index in [4.69, 9.17) is 4.74 Å². The molecule has 108 valence electrons. The van der Waals surface area contributed by atoms with E-state index in [-0.39, 0.29) is 0 Å². The number of pyridine rings is 1. The minimum Gasteiger partial charge on any atom is -0.454 e.